The van der Waals surface area contributed by atoms with Crippen molar-refractivity contribution >= 4 is 11.5 Å². The first kappa shape index (κ1) is 22.6. The molecular formula is C22H23F3N6O2. The molecule has 1 unspecified atom stereocenters. The lowest BCUT2D eigenvalue weighted by Gasteiger charge is -2.16. The number of nitrogens with zero attached hydrogens (tertiary/aromatic N) is 5. The molecule has 0 spiro atoms. The van der Waals surface area contributed by atoms with Crippen molar-refractivity contribution in [3.05, 3.63) is 52.9 Å². The van der Waals surface area contributed by atoms with Gasteiger partial charge in [-0.3, -0.25) is 0 Å². The van der Waals surface area contributed by atoms with Gasteiger partial charge >= 0.3 is 6.18 Å². The summed E-state index contributed by atoms with van der Waals surface area (Å²) in [7, 11) is 1.61. The molecule has 0 radical (unpaired) electrons. The van der Waals surface area contributed by atoms with Gasteiger partial charge in [0.05, 0.1) is 12.8 Å². The first-order chi connectivity index (χ1) is 15.6. The molecule has 1 N–H and O–H groups in total. The van der Waals surface area contributed by atoms with Crippen LogP contribution in [0.25, 0.3) is 16.8 Å². The lowest BCUT2D eigenvalue weighted by Crippen LogP contribution is -2.15. The Labute approximate surface area is 187 Å². The molecule has 1 atom stereocenters. The molecule has 0 aliphatic rings. The van der Waals surface area contributed by atoms with E-state index < -0.39 is 18.0 Å². The van der Waals surface area contributed by atoms with E-state index in [-0.39, 0.29) is 5.89 Å². The Morgan fingerprint density at radius 1 is 1.15 bits per heavy atom. The van der Waals surface area contributed by atoms with Crippen molar-refractivity contribution in [2.75, 3.05) is 12.4 Å². The SMILES string of the molecule is CCC(Nc1cc(C)nc2c(-c3ccc(OC)cc3C)c(C)nn12)c1nc(C(F)(F)F)no1. The zero-order valence-electron chi connectivity index (χ0n) is 18.8. The summed E-state index contributed by atoms with van der Waals surface area (Å²) in [5.41, 5.74) is 4.93. The van der Waals surface area contributed by atoms with Crippen LogP contribution in [0.15, 0.2) is 28.8 Å². The highest BCUT2D eigenvalue weighted by molar-refractivity contribution is 5.83. The molecule has 0 amide bonds. The predicted molar refractivity (Wildman–Crippen MR) is 115 cm³/mol. The van der Waals surface area contributed by atoms with Crippen LogP contribution < -0.4 is 10.1 Å². The second-order valence-electron chi connectivity index (χ2n) is 7.72. The van der Waals surface area contributed by atoms with E-state index in [4.69, 9.17) is 9.26 Å². The highest BCUT2D eigenvalue weighted by atomic mass is 19.4. The van der Waals surface area contributed by atoms with E-state index in [2.05, 4.69) is 25.5 Å². The quantitative estimate of drug-likeness (QED) is 0.418. The predicted octanol–water partition coefficient (Wildman–Crippen LogP) is 5.30. The molecule has 11 heteroatoms. The molecule has 0 fully saturated rings. The Balaban J connectivity index is 1.78. The van der Waals surface area contributed by atoms with E-state index in [1.54, 1.807) is 24.6 Å². The molecule has 0 aliphatic carbocycles. The number of halogens is 3. The molecule has 4 aromatic rings. The largest absolute Gasteiger partial charge is 0.497 e. The summed E-state index contributed by atoms with van der Waals surface area (Å²) in [5.74, 6) is -0.152. The van der Waals surface area contributed by atoms with Crippen LogP contribution in [0, 0.1) is 20.8 Å². The number of aryl methyl sites for hydroxylation is 3. The van der Waals surface area contributed by atoms with Crippen molar-refractivity contribution in [2.24, 2.45) is 0 Å². The number of benzene rings is 1. The fourth-order valence-corrected chi connectivity index (χ4v) is 3.72. The Kier molecular flexibility index (Phi) is 5.73. The Bertz CT molecular complexity index is 1310. The number of nitrogens with one attached hydrogen (secondary N) is 1. The highest BCUT2D eigenvalue weighted by Crippen LogP contribution is 2.34. The molecular weight excluding hydrogens is 437 g/mol. The van der Waals surface area contributed by atoms with Crippen LogP contribution in [-0.4, -0.2) is 31.8 Å². The molecule has 33 heavy (non-hydrogen) atoms. The third kappa shape index (κ3) is 4.22. The number of methoxy groups -OCH3 is 1. The van der Waals surface area contributed by atoms with Crippen LogP contribution in [0.5, 0.6) is 5.75 Å². The zero-order chi connectivity index (χ0) is 23.9. The molecule has 4 rings (SSSR count). The van der Waals surface area contributed by atoms with Crippen LogP contribution in [0.3, 0.4) is 0 Å². The minimum absolute atomic E-state index is 0.150. The third-order valence-corrected chi connectivity index (χ3v) is 5.32. The van der Waals surface area contributed by atoms with Crippen LogP contribution in [0.2, 0.25) is 0 Å². The van der Waals surface area contributed by atoms with Gasteiger partial charge in [-0.25, -0.2) is 4.98 Å². The van der Waals surface area contributed by atoms with Gasteiger partial charge in [0, 0.05) is 17.3 Å². The summed E-state index contributed by atoms with van der Waals surface area (Å²) >= 11 is 0. The zero-order valence-corrected chi connectivity index (χ0v) is 18.8. The Morgan fingerprint density at radius 3 is 2.52 bits per heavy atom. The molecule has 0 saturated carbocycles. The van der Waals surface area contributed by atoms with Gasteiger partial charge in [0.25, 0.3) is 5.82 Å². The van der Waals surface area contributed by atoms with Crippen LogP contribution >= 0.6 is 0 Å². The van der Waals surface area contributed by atoms with Gasteiger partial charge in [-0.1, -0.05) is 18.1 Å². The van der Waals surface area contributed by atoms with Crippen molar-refractivity contribution < 1.29 is 22.4 Å². The number of fused-ring (bicyclic) bond motifs is 1. The van der Waals surface area contributed by atoms with Crippen molar-refractivity contribution in [1.82, 2.24) is 24.7 Å². The van der Waals surface area contributed by atoms with Crippen molar-refractivity contribution in [3.63, 3.8) is 0 Å². The van der Waals surface area contributed by atoms with Gasteiger partial charge < -0.3 is 14.6 Å². The molecule has 3 heterocycles. The summed E-state index contributed by atoms with van der Waals surface area (Å²) in [6.45, 7) is 7.52. The molecule has 0 saturated heterocycles. The molecule has 1 aromatic carbocycles. The maximum Gasteiger partial charge on any atom is 0.455 e. The van der Waals surface area contributed by atoms with E-state index in [1.807, 2.05) is 39.0 Å². The number of hydrogen-bond acceptors (Lipinski definition) is 7. The number of ether oxygens (including phenoxy) is 1. The number of rotatable bonds is 6. The van der Waals surface area contributed by atoms with Crippen molar-refractivity contribution in [1.29, 1.82) is 0 Å². The fraction of sp³-hybridized carbons (Fsp3) is 0.364. The Hall–Kier alpha value is -3.63. The monoisotopic (exact) mass is 460 g/mol. The summed E-state index contributed by atoms with van der Waals surface area (Å²) in [6.07, 6.45) is -4.27. The van der Waals surface area contributed by atoms with Gasteiger partial charge in [-0.15, -0.1) is 0 Å². The van der Waals surface area contributed by atoms with Crippen LogP contribution in [0.1, 0.15) is 48.1 Å². The minimum Gasteiger partial charge on any atom is -0.497 e. The number of aromatic nitrogens is 5. The van der Waals surface area contributed by atoms with E-state index in [1.165, 1.54) is 0 Å². The first-order valence-electron chi connectivity index (χ1n) is 10.3. The van der Waals surface area contributed by atoms with Gasteiger partial charge in [0.15, 0.2) is 5.65 Å². The lowest BCUT2D eigenvalue weighted by molar-refractivity contribution is -0.146. The average molecular weight is 460 g/mol. The van der Waals surface area contributed by atoms with Gasteiger partial charge in [-0.05, 0) is 50.5 Å². The number of anilines is 1. The number of hydrogen-bond donors (Lipinski definition) is 1. The molecule has 174 valence electrons. The summed E-state index contributed by atoms with van der Waals surface area (Å²) in [4.78, 5) is 8.22. The summed E-state index contributed by atoms with van der Waals surface area (Å²) < 4.78 is 50.6. The maximum absolute atomic E-state index is 12.9. The van der Waals surface area contributed by atoms with Gasteiger partial charge in [0.1, 0.15) is 17.6 Å². The summed E-state index contributed by atoms with van der Waals surface area (Å²) in [6, 6.07) is 6.90. The third-order valence-electron chi connectivity index (χ3n) is 5.32. The fourth-order valence-electron chi connectivity index (χ4n) is 3.72. The second kappa shape index (κ2) is 8.38. The topological polar surface area (TPSA) is 90.4 Å². The molecule has 0 aliphatic heterocycles. The minimum atomic E-state index is -4.68. The van der Waals surface area contributed by atoms with Crippen LogP contribution in [0.4, 0.5) is 19.0 Å². The second-order valence-corrected chi connectivity index (χ2v) is 7.72. The lowest BCUT2D eigenvalue weighted by atomic mass is 10.0. The van der Waals surface area contributed by atoms with Gasteiger partial charge in [-0.2, -0.15) is 27.8 Å². The Morgan fingerprint density at radius 2 is 1.91 bits per heavy atom. The van der Waals surface area contributed by atoms with Crippen molar-refractivity contribution in [2.45, 2.75) is 46.3 Å². The smallest absolute Gasteiger partial charge is 0.455 e. The number of alkyl halides is 3. The van der Waals surface area contributed by atoms with E-state index in [9.17, 15) is 13.2 Å². The van der Waals surface area contributed by atoms with Crippen molar-refractivity contribution in [3.8, 4) is 16.9 Å². The first-order valence-corrected chi connectivity index (χ1v) is 10.3. The van der Waals surface area contributed by atoms with E-state index in [0.29, 0.717) is 23.6 Å². The summed E-state index contributed by atoms with van der Waals surface area (Å²) in [5, 5.41) is 10.9. The van der Waals surface area contributed by atoms with Gasteiger partial charge in [0.2, 0.25) is 5.89 Å². The highest BCUT2D eigenvalue weighted by Gasteiger charge is 2.38. The maximum atomic E-state index is 12.9. The van der Waals surface area contributed by atoms with Crippen LogP contribution in [-0.2, 0) is 6.18 Å². The standard InChI is InChI=1S/C22H23F3N6O2/c1-6-16(20-28-21(30-33-20)22(23,24)25)27-17-10-12(3)26-19-18(13(4)29-31(17)19)15-8-7-14(32-5)9-11(15)2/h7-10,16,27H,6H2,1-5H3. The van der Waals surface area contributed by atoms with E-state index in [0.717, 1.165) is 28.1 Å². The normalized spacial score (nSPS) is 12.8. The molecule has 0 bridgehead atoms. The molecule has 3 aromatic heterocycles. The molecule has 8 nitrogen and oxygen atoms in total. The average Bonchev–Trinajstić information content (AvgIpc) is 3.37. The van der Waals surface area contributed by atoms with E-state index >= 15 is 0 Å².